The van der Waals surface area contributed by atoms with Crippen LogP contribution in [0.4, 0.5) is 0 Å². The van der Waals surface area contributed by atoms with Gasteiger partial charge < -0.3 is 10.5 Å². The third-order valence-electron chi connectivity index (χ3n) is 0.866. The Hall–Kier alpha value is -0.120. The lowest BCUT2D eigenvalue weighted by atomic mass is 10.5. The summed E-state index contributed by atoms with van der Waals surface area (Å²) in [5.41, 5.74) is 5.01. The molecule has 1 fully saturated rings. The molecule has 41 valence electrons. The van der Waals surface area contributed by atoms with Gasteiger partial charge in [-0.15, -0.1) is 0 Å². The van der Waals surface area contributed by atoms with Crippen molar-refractivity contribution < 1.29 is 4.74 Å². The average molecular weight is 101 g/mol. The molecule has 0 aliphatic carbocycles. The average Bonchev–Trinajstić information content (AvgIpc) is 2.42. The van der Waals surface area contributed by atoms with Crippen LogP contribution in [0.15, 0.2) is 0 Å². The maximum Gasteiger partial charge on any atom is 0.0934 e. The van der Waals surface area contributed by atoms with Crippen LogP contribution in [-0.2, 0) is 4.74 Å². The molecule has 3 nitrogen and oxygen atoms in total. The van der Waals surface area contributed by atoms with E-state index in [2.05, 4.69) is 5.32 Å². The summed E-state index contributed by atoms with van der Waals surface area (Å²) >= 11 is 0. The largest absolute Gasteiger partial charge is 0.372 e. The first-order valence-corrected chi connectivity index (χ1v) is 2.32. The van der Waals surface area contributed by atoms with Gasteiger partial charge in [0.1, 0.15) is 0 Å². The van der Waals surface area contributed by atoms with Crippen LogP contribution in [0.5, 0.6) is 0 Å². The second-order valence-corrected chi connectivity index (χ2v) is 1.53. The van der Waals surface area contributed by atoms with Crippen LogP contribution in [0.2, 0.25) is 0 Å². The highest BCUT2D eigenvalue weighted by Crippen LogP contribution is 2.05. The molecular weight excluding hydrogens is 92.1 g/mol. The van der Waals surface area contributed by atoms with E-state index in [0.29, 0.717) is 6.10 Å². The zero-order valence-corrected chi connectivity index (χ0v) is 4.05. The number of hydrogen-bond acceptors (Lipinski definition) is 3. The van der Waals surface area contributed by atoms with Crippen LogP contribution in [-0.4, -0.2) is 19.3 Å². The maximum atomic E-state index is 5.01. The van der Waals surface area contributed by atoms with E-state index in [1.807, 2.05) is 0 Å². The summed E-state index contributed by atoms with van der Waals surface area (Å²) in [6.45, 7) is 3.18. The van der Waals surface area contributed by atoms with Crippen molar-refractivity contribution in [3.05, 3.63) is 6.67 Å². The van der Waals surface area contributed by atoms with Gasteiger partial charge in [-0.3, -0.25) is 5.32 Å². The van der Waals surface area contributed by atoms with Gasteiger partial charge in [-0.05, 0) is 0 Å². The molecule has 7 heavy (non-hydrogen) atoms. The topological polar surface area (TPSA) is 50.6 Å². The molecular formula is C4H9N2O. The van der Waals surface area contributed by atoms with Gasteiger partial charge in [0.05, 0.1) is 19.4 Å². The van der Waals surface area contributed by atoms with Crippen molar-refractivity contribution >= 4 is 0 Å². The van der Waals surface area contributed by atoms with Crippen molar-refractivity contribution in [2.24, 2.45) is 5.73 Å². The highest BCUT2D eigenvalue weighted by Gasteiger charge is 2.20. The summed E-state index contributed by atoms with van der Waals surface area (Å²) < 4.78 is 4.87. The highest BCUT2D eigenvalue weighted by molar-refractivity contribution is 4.72. The van der Waals surface area contributed by atoms with E-state index in [4.69, 9.17) is 10.5 Å². The molecule has 0 bridgehead atoms. The smallest absolute Gasteiger partial charge is 0.0934 e. The Kier molecular flexibility index (Phi) is 1.62. The summed E-state index contributed by atoms with van der Waals surface area (Å²) in [6.07, 6.45) is 0.430. The summed E-state index contributed by atoms with van der Waals surface area (Å²) in [4.78, 5) is 0. The van der Waals surface area contributed by atoms with Gasteiger partial charge >= 0.3 is 0 Å². The number of hydrogen-bond donors (Lipinski definition) is 2. The molecule has 3 heteroatoms. The van der Waals surface area contributed by atoms with Gasteiger partial charge in [0, 0.05) is 6.54 Å². The van der Waals surface area contributed by atoms with Crippen LogP contribution in [0, 0.1) is 6.67 Å². The lowest BCUT2D eigenvalue weighted by Crippen LogP contribution is -2.20. The fraction of sp³-hybridized carbons (Fsp3) is 0.750. The van der Waals surface area contributed by atoms with Gasteiger partial charge in [0.2, 0.25) is 0 Å². The third-order valence-corrected chi connectivity index (χ3v) is 0.866. The third kappa shape index (κ3) is 1.87. The molecule has 0 aromatic heterocycles. The Morgan fingerprint density at radius 3 is 3.14 bits per heavy atom. The van der Waals surface area contributed by atoms with Gasteiger partial charge in [0.15, 0.2) is 0 Å². The van der Waals surface area contributed by atoms with Crippen molar-refractivity contribution in [1.29, 1.82) is 0 Å². The van der Waals surface area contributed by atoms with Crippen molar-refractivity contribution in [2.75, 3.05) is 13.2 Å². The Morgan fingerprint density at radius 1 is 2.00 bits per heavy atom. The van der Waals surface area contributed by atoms with Crippen molar-refractivity contribution in [3.8, 4) is 0 Å². The molecule has 0 amide bonds. The quantitative estimate of drug-likeness (QED) is 0.451. The first-order valence-electron chi connectivity index (χ1n) is 2.32. The number of rotatable bonds is 3. The molecule has 1 aliphatic rings. The van der Waals surface area contributed by atoms with Crippen LogP contribution in [0.3, 0.4) is 0 Å². The molecule has 1 radical (unpaired) electrons. The number of nitrogens with one attached hydrogen (secondary N) is 1. The first-order chi connectivity index (χ1) is 3.43. The molecule has 1 saturated heterocycles. The molecule has 0 aromatic rings. The normalized spacial score (nSPS) is 27.9. The van der Waals surface area contributed by atoms with Crippen LogP contribution in [0.25, 0.3) is 0 Å². The van der Waals surface area contributed by atoms with E-state index >= 15 is 0 Å². The van der Waals surface area contributed by atoms with E-state index in [-0.39, 0.29) is 0 Å². The fourth-order valence-electron chi connectivity index (χ4n) is 0.385. The number of epoxide rings is 1. The Bertz CT molecular complexity index is 53.7. The lowest BCUT2D eigenvalue weighted by molar-refractivity contribution is 0.402. The van der Waals surface area contributed by atoms with E-state index in [1.54, 1.807) is 0 Å². The molecule has 1 rings (SSSR count). The lowest BCUT2D eigenvalue weighted by Gasteiger charge is -1.91. The Labute approximate surface area is 42.8 Å². The van der Waals surface area contributed by atoms with Gasteiger partial charge in [-0.2, -0.15) is 0 Å². The molecule has 1 heterocycles. The van der Waals surface area contributed by atoms with Crippen LogP contribution < -0.4 is 11.1 Å². The summed E-state index contributed by atoms with van der Waals surface area (Å²) in [5.74, 6) is 0. The number of nitrogens with two attached hydrogens (primary N) is 1. The standard InChI is InChI=1S/C4H9N2O/c5-3-6-1-4-2-7-4/h3-4,6H,1-2,5H2. The van der Waals surface area contributed by atoms with Crippen LogP contribution in [0.1, 0.15) is 0 Å². The number of ether oxygens (including phenoxy) is 1. The van der Waals surface area contributed by atoms with Crippen molar-refractivity contribution in [1.82, 2.24) is 5.32 Å². The van der Waals surface area contributed by atoms with E-state index in [0.717, 1.165) is 13.2 Å². The highest BCUT2D eigenvalue weighted by atomic mass is 16.6. The Morgan fingerprint density at radius 2 is 2.71 bits per heavy atom. The molecule has 1 aliphatic heterocycles. The summed E-state index contributed by atoms with van der Waals surface area (Å²) in [6, 6.07) is 0. The summed E-state index contributed by atoms with van der Waals surface area (Å²) in [5, 5.41) is 2.84. The molecule has 1 unspecified atom stereocenters. The van der Waals surface area contributed by atoms with Crippen molar-refractivity contribution in [3.63, 3.8) is 0 Å². The monoisotopic (exact) mass is 101 g/mol. The first kappa shape index (κ1) is 5.03. The maximum absolute atomic E-state index is 5.01. The molecule has 3 N–H and O–H groups in total. The van der Waals surface area contributed by atoms with Crippen LogP contribution >= 0.6 is 0 Å². The van der Waals surface area contributed by atoms with Gasteiger partial charge in [0.25, 0.3) is 0 Å². The van der Waals surface area contributed by atoms with E-state index in [9.17, 15) is 0 Å². The zero-order valence-electron chi connectivity index (χ0n) is 4.05. The predicted octanol–water partition coefficient (Wildman–Crippen LogP) is -0.947. The van der Waals surface area contributed by atoms with Gasteiger partial charge in [-0.1, -0.05) is 0 Å². The minimum Gasteiger partial charge on any atom is -0.372 e. The molecule has 1 atom stereocenters. The zero-order chi connectivity index (χ0) is 5.11. The summed E-state index contributed by atoms with van der Waals surface area (Å²) in [7, 11) is 0. The Balaban J connectivity index is 1.80. The molecule has 0 spiro atoms. The minimum absolute atomic E-state index is 0.430. The minimum atomic E-state index is 0.430. The SMILES string of the molecule is N[CH]NCC1CO1. The fourth-order valence-corrected chi connectivity index (χ4v) is 0.385. The second-order valence-electron chi connectivity index (χ2n) is 1.53. The van der Waals surface area contributed by atoms with Gasteiger partial charge in [-0.25, -0.2) is 0 Å². The molecule has 0 saturated carbocycles. The van der Waals surface area contributed by atoms with E-state index < -0.39 is 0 Å². The second kappa shape index (κ2) is 2.26. The molecule has 0 aromatic carbocycles. The predicted molar refractivity (Wildman–Crippen MR) is 26.2 cm³/mol. The van der Waals surface area contributed by atoms with E-state index in [1.165, 1.54) is 6.67 Å². The van der Waals surface area contributed by atoms with Crippen molar-refractivity contribution in [2.45, 2.75) is 6.10 Å².